The summed E-state index contributed by atoms with van der Waals surface area (Å²) in [5.74, 6) is -0.315. The second kappa shape index (κ2) is 6.33. The smallest absolute Gasteiger partial charge is 0.242 e. The SMILES string of the molecule is O=C1CCC(C(=O)N[C@@H](CO)Cc2ccccc2)N1. The summed E-state index contributed by atoms with van der Waals surface area (Å²) in [5.41, 5.74) is 1.05. The summed E-state index contributed by atoms with van der Waals surface area (Å²) in [4.78, 5) is 23.0. The van der Waals surface area contributed by atoms with Gasteiger partial charge in [0.05, 0.1) is 12.6 Å². The van der Waals surface area contributed by atoms with E-state index in [0.29, 0.717) is 19.3 Å². The number of aliphatic hydroxyl groups excluding tert-OH is 1. The molecule has 0 aliphatic carbocycles. The minimum Gasteiger partial charge on any atom is -0.394 e. The molecular weight excluding hydrogens is 244 g/mol. The first-order valence-electron chi connectivity index (χ1n) is 6.43. The van der Waals surface area contributed by atoms with Gasteiger partial charge >= 0.3 is 0 Å². The third kappa shape index (κ3) is 3.79. The molecule has 2 atom stereocenters. The van der Waals surface area contributed by atoms with Crippen LogP contribution in [0, 0.1) is 0 Å². The van der Waals surface area contributed by atoms with E-state index in [1.165, 1.54) is 0 Å². The maximum absolute atomic E-state index is 11.9. The van der Waals surface area contributed by atoms with Gasteiger partial charge in [0.1, 0.15) is 6.04 Å². The van der Waals surface area contributed by atoms with Crippen LogP contribution in [0.5, 0.6) is 0 Å². The normalized spacial score (nSPS) is 19.8. The molecule has 19 heavy (non-hydrogen) atoms. The van der Waals surface area contributed by atoms with Crippen molar-refractivity contribution in [1.82, 2.24) is 10.6 Å². The van der Waals surface area contributed by atoms with Gasteiger partial charge in [-0.2, -0.15) is 0 Å². The van der Waals surface area contributed by atoms with Gasteiger partial charge in [-0.25, -0.2) is 0 Å². The Morgan fingerprint density at radius 1 is 1.42 bits per heavy atom. The summed E-state index contributed by atoms with van der Waals surface area (Å²) in [6.07, 6.45) is 1.48. The first-order chi connectivity index (χ1) is 9.19. The number of rotatable bonds is 5. The predicted octanol–water partition coefficient (Wildman–Crippen LogP) is -0.0152. The molecule has 1 fully saturated rings. The van der Waals surface area contributed by atoms with E-state index in [4.69, 9.17) is 0 Å². The molecule has 0 saturated carbocycles. The molecule has 5 heteroatoms. The lowest BCUT2D eigenvalue weighted by atomic mass is 10.1. The molecule has 5 nitrogen and oxygen atoms in total. The van der Waals surface area contributed by atoms with E-state index in [9.17, 15) is 14.7 Å². The summed E-state index contributed by atoms with van der Waals surface area (Å²) in [5, 5.41) is 14.7. The molecule has 0 bridgehead atoms. The van der Waals surface area contributed by atoms with E-state index < -0.39 is 6.04 Å². The van der Waals surface area contributed by atoms with Crippen LogP contribution in [0.4, 0.5) is 0 Å². The summed E-state index contributed by atoms with van der Waals surface area (Å²) in [6, 6.07) is 8.87. The molecule has 102 valence electrons. The van der Waals surface area contributed by atoms with Gasteiger partial charge in [0.25, 0.3) is 0 Å². The number of hydrogen-bond acceptors (Lipinski definition) is 3. The predicted molar refractivity (Wildman–Crippen MR) is 70.3 cm³/mol. The van der Waals surface area contributed by atoms with Gasteiger partial charge in [0, 0.05) is 6.42 Å². The molecule has 0 spiro atoms. The lowest BCUT2D eigenvalue weighted by molar-refractivity contribution is -0.126. The second-order valence-electron chi connectivity index (χ2n) is 4.74. The Morgan fingerprint density at radius 3 is 2.74 bits per heavy atom. The highest BCUT2D eigenvalue weighted by Gasteiger charge is 2.28. The van der Waals surface area contributed by atoms with Gasteiger partial charge in [0.15, 0.2) is 0 Å². The minimum atomic E-state index is -0.461. The lowest BCUT2D eigenvalue weighted by Crippen LogP contribution is -2.47. The molecule has 2 rings (SSSR count). The Bertz CT molecular complexity index is 447. The molecule has 3 N–H and O–H groups in total. The molecule has 0 aromatic heterocycles. The third-order valence-corrected chi connectivity index (χ3v) is 3.20. The van der Waals surface area contributed by atoms with Crippen molar-refractivity contribution in [3.63, 3.8) is 0 Å². The molecule has 1 aliphatic rings. The summed E-state index contributed by atoms with van der Waals surface area (Å²) in [6.45, 7) is -0.124. The van der Waals surface area contributed by atoms with E-state index in [1.807, 2.05) is 30.3 Å². The Hall–Kier alpha value is -1.88. The summed E-state index contributed by atoms with van der Waals surface area (Å²) >= 11 is 0. The maximum atomic E-state index is 11.9. The fourth-order valence-corrected chi connectivity index (χ4v) is 2.17. The van der Waals surface area contributed by atoms with Crippen molar-refractivity contribution in [3.05, 3.63) is 35.9 Å². The Labute approximate surface area is 112 Å². The number of hydrogen-bond donors (Lipinski definition) is 3. The first-order valence-corrected chi connectivity index (χ1v) is 6.43. The third-order valence-electron chi connectivity index (χ3n) is 3.20. The van der Waals surface area contributed by atoms with Crippen LogP contribution in [0.15, 0.2) is 30.3 Å². The standard InChI is InChI=1S/C14H18N2O3/c17-9-11(8-10-4-2-1-3-5-10)15-14(19)12-6-7-13(18)16-12/h1-5,11-12,17H,6-9H2,(H,15,19)(H,16,18)/t11-,12?/m1/s1. The van der Waals surface area contributed by atoms with Crippen molar-refractivity contribution < 1.29 is 14.7 Å². The molecule has 1 aliphatic heterocycles. The number of benzene rings is 1. The largest absolute Gasteiger partial charge is 0.394 e. The number of nitrogens with one attached hydrogen (secondary N) is 2. The van der Waals surface area contributed by atoms with Crippen LogP contribution < -0.4 is 10.6 Å². The molecule has 1 aromatic carbocycles. The molecule has 1 heterocycles. The zero-order valence-corrected chi connectivity index (χ0v) is 10.6. The first kappa shape index (κ1) is 13.5. The number of amides is 2. The van der Waals surface area contributed by atoms with Crippen molar-refractivity contribution in [1.29, 1.82) is 0 Å². The topological polar surface area (TPSA) is 78.4 Å². The molecule has 1 aromatic rings. The van der Waals surface area contributed by atoms with E-state index in [1.54, 1.807) is 0 Å². The van der Waals surface area contributed by atoms with Crippen LogP contribution in [0.25, 0.3) is 0 Å². The van der Waals surface area contributed by atoms with E-state index >= 15 is 0 Å². The van der Waals surface area contributed by atoms with Crippen LogP contribution >= 0.6 is 0 Å². The fourth-order valence-electron chi connectivity index (χ4n) is 2.17. The molecule has 1 unspecified atom stereocenters. The van der Waals surface area contributed by atoms with Crippen molar-refractivity contribution in [2.45, 2.75) is 31.3 Å². The Morgan fingerprint density at radius 2 is 2.16 bits per heavy atom. The highest BCUT2D eigenvalue weighted by atomic mass is 16.3. The van der Waals surface area contributed by atoms with Gasteiger partial charge < -0.3 is 15.7 Å². The van der Waals surface area contributed by atoms with E-state index in [0.717, 1.165) is 5.56 Å². The highest BCUT2D eigenvalue weighted by molar-refractivity contribution is 5.90. The van der Waals surface area contributed by atoms with Crippen molar-refractivity contribution in [2.24, 2.45) is 0 Å². The minimum absolute atomic E-state index is 0.0937. The van der Waals surface area contributed by atoms with Gasteiger partial charge in [-0.1, -0.05) is 30.3 Å². The molecule has 1 saturated heterocycles. The molecule has 0 radical (unpaired) electrons. The van der Waals surface area contributed by atoms with E-state index in [-0.39, 0.29) is 24.5 Å². The van der Waals surface area contributed by atoms with Crippen molar-refractivity contribution in [3.8, 4) is 0 Å². The number of carbonyl (C=O) groups excluding carboxylic acids is 2. The van der Waals surface area contributed by atoms with Gasteiger partial charge in [-0.3, -0.25) is 9.59 Å². The van der Waals surface area contributed by atoms with Crippen molar-refractivity contribution in [2.75, 3.05) is 6.61 Å². The number of carbonyl (C=O) groups is 2. The molecular formula is C14H18N2O3. The van der Waals surface area contributed by atoms with Crippen LogP contribution in [-0.4, -0.2) is 35.6 Å². The zero-order chi connectivity index (χ0) is 13.7. The zero-order valence-electron chi connectivity index (χ0n) is 10.6. The Kier molecular flexibility index (Phi) is 4.52. The van der Waals surface area contributed by atoms with Gasteiger partial charge in [-0.15, -0.1) is 0 Å². The van der Waals surface area contributed by atoms with Crippen molar-refractivity contribution >= 4 is 11.8 Å². The summed E-state index contributed by atoms with van der Waals surface area (Å²) in [7, 11) is 0. The lowest BCUT2D eigenvalue weighted by Gasteiger charge is -2.19. The monoisotopic (exact) mass is 262 g/mol. The second-order valence-corrected chi connectivity index (χ2v) is 4.74. The summed E-state index contributed by atoms with van der Waals surface area (Å²) < 4.78 is 0. The average Bonchev–Trinajstić information content (AvgIpc) is 2.86. The maximum Gasteiger partial charge on any atom is 0.242 e. The van der Waals surface area contributed by atoms with E-state index in [2.05, 4.69) is 10.6 Å². The highest BCUT2D eigenvalue weighted by Crippen LogP contribution is 2.08. The number of aliphatic hydroxyl groups is 1. The van der Waals surface area contributed by atoms with Crippen LogP contribution in [0.3, 0.4) is 0 Å². The Balaban J connectivity index is 1.88. The van der Waals surface area contributed by atoms with Crippen LogP contribution in [0.2, 0.25) is 0 Å². The van der Waals surface area contributed by atoms with Gasteiger partial charge in [-0.05, 0) is 18.4 Å². The molecule has 2 amide bonds. The van der Waals surface area contributed by atoms with Crippen LogP contribution in [0.1, 0.15) is 18.4 Å². The average molecular weight is 262 g/mol. The fraction of sp³-hybridized carbons (Fsp3) is 0.429. The quantitative estimate of drug-likeness (QED) is 0.698. The van der Waals surface area contributed by atoms with Crippen LogP contribution in [-0.2, 0) is 16.0 Å². The van der Waals surface area contributed by atoms with Gasteiger partial charge in [0.2, 0.25) is 11.8 Å².